The lowest BCUT2D eigenvalue weighted by Crippen LogP contribution is -2.70. The highest BCUT2D eigenvalue weighted by Crippen LogP contribution is 2.59. The molecule has 4 aliphatic rings. The summed E-state index contributed by atoms with van der Waals surface area (Å²) in [5, 5.41) is 3.96. The van der Waals surface area contributed by atoms with Gasteiger partial charge < -0.3 is 23.3 Å². The molecule has 0 bridgehead atoms. The van der Waals surface area contributed by atoms with Gasteiger partial charge in [-0.2, -0.15) is 0 Å². The number of aromatic nitrogens is 1. The van der Waals surface area contributed by atoms with Gasteiger partial charge in [0.15, 0.2) is 31.2 Å². The van der Waals surface area contributed by atoms with E-state index >= 15 is 14.4 Å². The number of carbonyl (C=O) groups is 3. The zero-order valence-corrected chi connectivity index (χ0v) is 36.5. The summed E-state index contributed by atoms with van der Waals surface area (Å²) >= 11 is 3.88. The Labute approximate surface area is 344 Å². The average molecular weight is 855 g/mol. The van der Waals surface area contributed by atoms with Crippen molar-refractivity contribution in [2.24, 2.45) is 17.8 Å². The summed E-state index contributed by atoms with van der Waals surface area (Å²) in [5.41, 5.74) is 2.30. The Hall–Kier alpha value is -4.10. The third kappa shape index (κ3) is 6.70. The van der Waals surface area contributed by atoms with Crippen molar-refractivity contribution in [1.82, 2.24) is 10.1 Å². The van der Waals surface area contributed by atoms with Crippen LogP contribution >= 0.6 is 15.9 Å². The van der Waals surface area contributed by atoms with E-state index in [2.05, 4.69) is 59.9 Å². The lowest BCUT2D eigenvalue weighted by atomic mass is 9.54. The van der Waals surface area contributed by atoms with Gasteiger partial charge in [0, 0.05) is 23.5 Å². The molecular weight excluding hydrogens is 802 g/mol. The van der Waals surface area contributed by atoms with Gasteiger partial charge >= 0.3 is 0 Å². The van der Waals surface area contributed by atoms with E-state index in [4.69, 9.17) is 18.4 Å². The van der Waals surface area contributed by atoms with Crippen LogP contribution in [0.1, 0.15) is 89.2 Å². The Kier molecular flexibility index (Phi) is 10.4. The average Bonchev–Trinajstić information content (AvgIpc) is 3.85. The van der Waals surface area contributed by atoms with E-state index in [9.17, 15) is 0 Å². The maximum Gasteiger partial charge on any atom is 0.265 e. The number of nitrogens with zero attached hydrogens (tertiary/aromatic N) is 3. The fourth-order valence-electron chi connectivity index (χ4n) is 9.32. The quantitative estimate of drug-likeness (QED) is 0.113. The Morgan fingerprint density at radius 1 is 0.930 bits per heavy atom. The monoisotopic (exact) mass is 853 g/mol. The minimum atomic E-state index is -2.89. The van der Waals surface area contributed by atoms with Gasteiger partial charge in [0.05, 0.1) is 23.2 Å². The fourth-order valence-corrected chi connectivity index (χ4v) is 11.5. The molecule has 0 radical (unpaired) electrons. The first-order valence-electron chi connectivity index (χ1n) is 20.1. The van der Waals surface area contributed by atoms with Crippen molar-refractivity contribution in [1.29, 1.82) is 0 Å². The normalized spacial score (nSPS) is 24.6. The molecule has 57 heavy (non-hydrogen) atoms. The standard InChI is InChI=1S/C45H52BrN3O7Si/c1-44(2,3)57(6,7)56-45-31(38(48(4)5)40-36(42(45)52)43(47-55-40)54-26-28-18-12-9-13-19-28)23-29-22-30-35(39(50)34(29)41(45)51)33(53-25-27-16-10-8-11-17-27)24-32(46)37(30)49-20-14-15-21-49/h8-13,16-19,24,29,31,34,38H,14-15,20-23,25-26H2,1-7H3/t29-,31-,34?,38-,45-/m0/s1. The first-order valence-corrected chi connectivity index (χ1v) is 23.8. The van der Waals surface area contributed by atoms with Gasteiger partial charge in [-0.15, -0.1) is 0 Å². The lowest BCUT2D eigenvalue weighted by Gasteiger charge is -2.56. The third-order valence-electron chi connectivity index (χ3n) is 13.1. The van der Waals surface area contributed by atoms with Gasteiger partial charge in [0.1, 0.15) is 24.5 Å². The summed E-state index contributed by atoms with van der Waals surface area (Å²) in [4.78, 5) is 51.3. The highest BCUT2D eigenvalue weighted by molar-refractivity contribution is 9.10. The van der Waals surface area contributed by atoms with Gasteiger partial charge in [-0.3, -0.25) is 19.3 Å². The molecule has 1 unspecified atom stereocenters. The van der Waals surface area contributed by atoms with Gasteiger partial charge in [-0.1, -0.05) is 81.4 Å². The molecule has 2 heterocycles. The van der Waals surface area contributed by atoms with Crippen molar-refractivity contribution in [3.8, 4) is 11.6 Å². The second-order valence-corrected chi connectivity index (χ2v) is 23.5. The number of ether oxygens (including phenoxy) is 2. The molecule has 3 aliphatic carbocycles. The summed E-state index contributed by atoms with van der Waals surface area (Å²) < 4.78 is 27.0. The molecule has 5 atom stereocenters. The van der Waals surface area contributed by atoms with Crippen LogP contribution < -0.4 is 14.4 Å². The zero-order chi connectivity index (χ0) is 40.4. The molecule has 1 aromatic heterocycles. The second kappa shape index (κ2) is 14.9. The molecule has 0 spiro atoms. The molecule has 1 aliphatic heterocycles. The van der Waals surface area contributed by atoms with Gasteiger partial charge in [-0.25, -0.2) is 0 Å². The van der Waals surface area contributed by atoms with Crippen LogP contribution in [0.4, 0.5) is 5.69 Å². The van der Waals surface area contributed by atoms with E-state index in [1.54, 1.807) is 0 Å². The number of rotatable bonds is 10. The molecule has 4 aromatic rings. The third-order valence-corrected chi connectivity index (χ3v) is 18.1. The van der Waals surface area contributed by atoms with Crippen LogP contribution in [0.15, 0.2) is 75.7 Å². The zero-order valence-electron chi connectivity index (χ0n) is 33.9. The molecule has 10 nitrogen and oxygen atoms in total. The number of hydrogen-bond acceptors (Lipinski definition) is 10. The predicted molar refractivity (Wildman–Crippen MR) is 224 cm³/mol. The molecule has 8 rings (SSSR count). The van der Waals surface area contributed by atoms with Crippen molar-refractivity contribution in [3.63, 3.8) is 0 Å². The highest BCUT2D eigenvalue weighted by Gasteiger charge is 2.70. The van der Waals surface area contributed by atoms with Crippen molar-refractivity contribution in [3.05, 3.63) is 105 Å². The first-order chi connectivity index (χ1) is 27.1. The molecule has 300 valence electrons. The molecular formula is C45H52BrN3O7Si. The maximum absolute atomic E-state index is 15.9. The Bertz CT molecular complexity index is 2200. The summed E-state index contributed by atoms with van der Waals surface area (Å²) in [6.45, 7) is 12.5. The summed E-state index contributed by atoms with van der Waals surface area (Å²) in [5.74, 6) is -2.68. The van der Waals surface area contributed by atoms with Crippen LogP contribution in [-0.2, 0) is 28.9 Å². The minimum absolute atomic E-state index is 0.0225. The first kappa shape index (κ1) is 39.7. The van der Waals surface area contributed by atoms with Crippen LogP contribution in [0.2, 0.25) is 18.1 Å². The smallest absolute Gasteiger partial charge is 0.265 e. The predicted octanol–water partition coefficient (Wildman–Crippen LogP) is 9.02. The van der Waals surface area contributed by atoms with E-state index < -0.39 is 43.4 Å². The number of carbonyl (C=O) groups excluding carboxylic acids is 3. The number of halogens is 1. The van der Waals surface area contributed by atoms with Crippen LogP contribution in [0.5, 0.6) is 11.6 Å². The Morgan fingerprint density at radius 3 is 2.14 bits per heavy atom. The molecule has 3 aromatic carbocycles. The highest BCUT2D eigenvalue weighted by atomic mass is 79.9. The van der Waals surface area contributed by atoms with Gasteiger partial charge in [0.25, 0.3) is 5.88 Å². The number of anilines is 1. The van der Waals surface area contributed by atoms with E-state index in [1.807, 2.05) is 85.7 Å². The van der Waals surface area contributed by atoms with E-state index in [1.165, 1.54) is 0 Å². The molecule has 2 fully saturated rings. The number of hydrogen-bond donors (Lipinski definition) is 0. The molecule has 0 N–H and O–H groups in total. The molecule has 0 amide bonds. The van der Waals surface area contributed by atoms with Crippen molar-refractivity contribution in [2.75, 3.05) is 32.1 Å². The number of fused-ring (bicyclic) bond motifs is 4. The van der Waals surface area contributed by atoms with Gasteiger partial charge in [0.2, 0.25) is 5.78 Å². The second-order valence-electron chi connectivity index (χ2n) is 17.9. The van der Waals surface area contributed by atoms with E-state index in [0.717, 1.165) is 52.8 Å². The van der Waals surface area contributed by atoms with E-state index in [-0.39, 0.29) is 41.4 Å². The van der Waals surface area contributed by atoms with Crippen molar-refractivity contribution < 1.29 is 32.8 Å². The SMILES string of the molecule is CN(C)[C@@H]1c2onc(OCc3ccccc3)c2C(=O)[C@@]2(O[Si](C)(C)C(C)(C)C)C(=O)C3C(=O)c4c(OCc5ccccc5)cc(Br)c(N5CCCC5)c4C[C@H]3C[C@@H]12. The maximum atomic E-state index is 15.9. The lowest BCUT2D eigenvalue weighted by molar-refractivity contribution is -0.151. The Morgan fingerprint density at radius 2 is 1.54 bits per heavy atom. The summed E-state index contributed by atoms with van der Waals surface area (Å²) in [7, 11) is 0.950. The van der Waals surface area contributed by atoms with Crippen molar-refractivity contribution in [2.45, 2.75) is 89.4 Å². The molecule has 12 heteroatoms. The number of benzene rings is 3. The van der Waals surface area contributed by atoms with E-state index in [0.29, 0.717) is 29.9 Å². The summed E-state index contributed by atoms with van der Waals surface area (Å²) in [6, 6.07) is 20.8. The minimum Gasteiger partial charge on any atom is -0.488 e. The summed E-state index contributed by atoms with van der Waals surface area (Å²) in [6.07, 6.45) is 2.98. The van der Waals surface area contributed by atoms with Gasteiger partial charge in [-0.05, 0) is 108 Å². The van der Waals surface area contributed by atoms with Crippen LogP contribution in [0.3, 0.4) is 0 Å². The number of Topliss-reactive ketones (excluding diaryl/α,β-unsaturated/α-hetero) is 3. The largest absolute Gasteiger partial charge is 0.488 e. The van der Waals surface area contributed by atoms with Crippen LogP contribution in [-0.4, -0.2) is 68.5 Å². The Balaban J connectivity index is 1.28. The molecule has 1 saturated heterocycles. The topological polar surface area (TPSA) is 111 Å². The number of ketones is 3. The van der Waals surface area contributed by atoms with Crippen molar-refractivity contribution >= 4 is 47.3 Å². The van der Waals surface area contributed by atoms with Crippen LogP contribution in [0, 0.1) is 17.8 Å². The van der Waals surface area contributed by atoms with Crippen LogP contribution in [0.25, 0.3) is 0 Å². The molecule has 1 saturated carbocycles. The fraction of sp³-hybridized carbons (Fsp3) is 0.467.